The molecule has 0 amide bonds. The molecule has 6 heteroatoms. The summed E-state index contributed by atoms with van der Waals surface area (Å²) < 4.78 is 6.93. The van der Waals surface area contributed by atoms with Crippen LogP contribution in [0.25, 0.3) is 16.6 Å². The lowest BCUT2D eigenvalue weighted by Gasteiger charge is -2.19. The molecule has 3 aromatic rings. The average molecular weight is 357 g/mol. The summed E-state index contributed by atoms with van der Waals surface area (Å²) in [7, 11) is 0.110. The lowest BCUT2D eigenvalue weighted by molar-refractivity contribution is 0.414. The highest BCUT2D eigenvalue weighted by atomic mass is 32.4. The van der Waals surface area contributed by atoms with Crippen LogP contribution in [0.4, 0.5) is 0 Å². The summed E-state index contributed by atoms with van der Waals surface area (Å²) in [6.07, 6.45) is 0. The second-order valence-corrected chi connectivity index (χ2v) is 15.5. The van der Waals surface area contributed by atoms with Crippen molar-refractivity contribution in [3.8, 4) is 11.4 Å². The lowest BCUT2D eigenvalue weighted by atomic mass is 10.2. The largest absolute Gasteiger partial charge is 0.497 e. The van der Waals surface area contributed by atoms with Crippen molar-refractivity contribution in [1.29, 1.82) is 0 Å². The van der Waals surface area contributed by atoms with E-state index in [0.29, 0.717) is 5.39 Å². The molecule has 0 spiro atoms. The monoisotopic (exact) mass is 356 g/mol. The van der Waals surface area contributed by atoms with Gasteiger partial charge in [0.25, 0.3) is 5.56 Å². The molecular weight excluding hydrogens is 336 g/mol. The average Bonchev–Trinajstić information content (AvgIpc) is 2.54. The minimum absolute atomic E-state index is 0.0356. The number of aromatic nitrogens is 2. The van der Waals surface area contributed by atoms with Gasteiger partial charge in [0.2, 0.25) is 0 Å². The number of ether oxygens (including phenoxy) is 1. The zero-order valence-corrected chi connectivity index (χ0v) is 16.1. The molecule has 0 radical (unpaired) electrons. The molecule has 0 aliphatic carbocycles. The van der Waals surface area contributed by atoms with Gasteiger partial charge in [-0.2, -0.15) is 0 Å². The van der Waals surface area contributed by atoms with Gasteiger partial charge in [0, 0.05) is 0 Å². The molecule has 0 unspecified atom stereocenters. The number of hydrogen-bond donors (Lipinski definition) is 0. The Hall–Kier alpha value is -2.05. The molecule has 0 N–H and O–H groups in total. The van der Waals surface area contributed by atoms with E-state index < -0.39 is 7.22 Å². The van der Waals surface area contributed by atoms with E-state index in [1.54, 1.807) is 22.9 Å². The quantitative estimate of drug-likeness (QED) is 0.516. The van der Waals surface area contributed by atoms with Crippen LogP contribution in [0.5, 0.6) is 5.75 Å². The van der Waals surface area contributed by atoms with E-state index in [-0.39, 0.29) is 5.56 Å². The molecule has 1 heterocycles. The number of para-hydroxylation sites is 1. The summed E-state index contributed by atoms with van der Waals surface area (Å²) in [6.45, 7) is 6.74. The van der Waals surface area contributed by atoms with Gasteiger partial charge in [-0.1, -0.05) is 31.8 Å². The summed E-state index contributed by atoms with van der Waals surface area (Å²) >= 11 is 1.72. The first-order chi connectivity index (χ1) is 11.4. The van der Waals surface area contributed by atoms with Crippen LogP contribution in [0, 0.1) is 0 Å². The Labute approximate surface area is 146 Å². The maximum absolute atomic E-state index is 13.1. The number of methoxy groups -OCH3 is 1. The lowest BCUT2D eigenvalue weighted by Crippen LogP contribution is -2.25. The van der Waals surface area contributed by atoms with Crippen molar-refractivity contribution in [2.24, 2.45) is 0 Å². The van der Waals surface area contributed by atoms with Gasteiger partial charge in [0.15, 0.2) is 5.16 Å². The Kier molecular flexibility index (Phi) is 4.51. The molecule has 0 atom stereocenters. The maximum Gasteiger partial charge on any atom is 0.266 e. The summed E-state index contributed by atoms with van der Waals surface area (Å²) in [4.78, 5) is 17.9. The molecule has 124 valence electrons. The van der Waals surface area contributed by atoms with Crippen LogP contribution >= 0.6 is 11.2 Å². The van der Waals surface area contributed by atoms with Crippen molar-refractivity contribution in [3.63, 3.8) is 0 Å². The number of rotatable bonds is 4. The predicted molar refractivity (Wildman–Crippen MR) is 103 cm³/mol. The zero-order chi connectivity index (χ0) is 17.3. The van der Waals surface area contributed by atoms with Crippen molar-refractivity contribution >= 4 is 29.3 Å². The molecule has 0 saturated heterocycles. The normalized spacial score (nSPS) is 11.7. The molecule has 0 saturated carbocycles. The fraction of sp³-hybridized carbons (Fsp3) is 0.222. The number of nitrogens with zero attached hydrogens (tertiary/aromatic N) is 2. The minimum Gasteiger partial charge on any atom is -0.497 e. The molecule has 0 fully saturated rings. The van der Waals surface area contributed by atoms with Crippen molar-refractivity contribution in [3.05, 3.63) is 58.9 Å². The maximum atomic E-state index is 13.1. The van der Waals surface area contributed by atoms with Crippen LogP contribution in [-0.4, -0.2) is 23.9 Å². The first kappa shape index (κ1) is 16.8. The first-order valence-electron chi connectivity index (χ1n) is 7.74. The molecule has 24 heavy (non-hydrogen) atoms. The number of hydrogen-bond acceptors (Lipinski definition) is 4. The van der Waals surface area contributed by atoms with Crippen LogP contribution in [-0.2, 0) is 0 Å². The predicted octanol–water partition coefficient (Wildman–Crippen LogP) is 4.32. The first-order valence-corrected chi connectivity index (χ1v) is 12.8. The molecule has 0 bridgehead atoms. The topological polar surface area (TPSA) is 44.1 Å². The highest BCUT2D eigenvalue weighted by Gasteiger charge is 2.21. The number of fused-ring (bicyclic) bond motifs is 1. The summed E-state index contributed by atoms with van der Waals surface area (Å²) in [5.41, 5.74) is 1.51. The molecule has 2 aromatic carbocycles. The highest BCUT2D eigenvalue weighted by molar-refractivity contribution is 8.28. The third-order valence-corrected chi connectivity index (χ3v) is 6.93. The van der Waals surface area contributed by atoms with Crippen molar-refractivity contribution < 1.29 is 4.74 Å². The Morgan fingerprint density at radius 2 is 1.71 bits per heavy atom. The highest BCUT2D eigenvalue weighted by Crippen LogP contribution is 2.29. The van der Waals surface area contributed by atoms with Gasteiger partial charge in [-0.25, -0.2) is 4.98 Å². The molecule has 0 aliphatic rings. The second-order valence-electron chi connectivity index (χ2n) is 6.46. The number of benzene rings is 2. The van der Waals surface area contributed by atoms with Crippen LogP contribution in [0.2, 0.25) is 19.6 Å². The van der Waals surface area contributed by atoms with E-state index in [0.717, 1.165) is 22.1 Å². The van der Waals surface area contributed by atoms with E-state index >= 15 is 0 Å². The molecular formula is C18H20N2O2SSi. The molecule has 3 rings (SSSR count). The molecule has 0 aliphatic heterocycles. The van der Waals surface area contributed by atoms with Gasteiger partial charge in [0.1, 0.15) is 13.0 Å². The van der Waals surface area contributed by atoms with Crippen molar-refractivity contribution in [1.82, 2.24) is 9.55 Å². The second kappa shape index (κ2) is 6.45. The summed E-state index contributed by atoms with van der Waals surface area (Å²) in [5, 5.41) is 1.39. The van der Waals surface area contributed by atoms with Gasteiger partial charge in [0.05, 0.1) is 23.7 Å². The van der Waals surface area contributed by atoms with Crippen molar-refractivity contribution in [2.75, 3.05) is 7.11 Å². The van der Waals surface area contributed by atoms with Crippen LogP contribution in [0.1, 0.15) is 0 Å². The minimum atomic E-state index is -1.52. The van der Waals surface area contributed by atoms with E-state index in [4.69, 9.17) is 9.72 Å². The van der Waals surface area contributed by atoms with Crippen LogP contribution in [0.3, 0.4) is 0 Å². The third-order valence-electron chi connectivity index (χ3n) is 3.47. The molecule has 4 nitrogen and oxygen atoms in total. The van der Waals surface area contributed by atoms with E-state index in [1.165, 1.54) is 0 Å². The van der Waals surface area contributed by atoms with Gasteiger partial charge in [-0.3, -0.25) is 9.36 Å². The van der Waals surface area contributed by atoms with Crippen LogP contribution < -0.4 is 10.3 Å². The van der Waals surface area contributed by atoms with Gasteiger partial charge >= 0.3 is 0 Å². The summed E-state index contributed by atoms with van der Waals surface area (Å²) in [5.74, 6) is 0.764. The fourth-order valence-electron chi connectivity index (χ4n) is 2.41. The zero-order valence-electron chi connectivity index (χ0n) is 14.2. The van der Waals surface area contributed by atoms with E-state index in [1.807, 2.05) is 48.5 Å². The third kappa shape index (κ3) is 3.39. The molecule has 1 aromatic heterocycles. The van der Waals surface area contributed by atoms with E-state index in [9.17, 15) is 4.79 Å². The Bertz CT molecular complexity index is 930. The van der Waals surface area contributed by atoms with Crippen LogP contribution in [0.15, 0.2) is 58.5 Å². The smallest absolute Gasteiger partial charge is 0.266 e. The van der Waals surface area contributed by atoms with Gasteiger partial charge in [-0.05, 0) is 36.4 Å². The van der Waals surface area contributed by atoms with E-state index in [2.05, 4.69) is 19.6 Å². The Morgan fingerprint density at radius 3 is 2.33 bits per heavy atom. The van der Waals surface area contributed by atoms with Gasteiger partial charge in [-0.15, -0.1) is 11.2 Å². The van der Waals surface area contributed by atoms with Crippen molar-refractivity contribution in [2.45, 2.75) is 24.8 Å². The Morgan fingerprint density at radius 1 is 1.04 bits per heavy atom. The Balaban J connectivity index is 2.27. The van der Waals surface area contributed by atoms with Gasteiger partial charge < -0.3 is 4.74 Å². The summed E-state index contributed by atoms with van der Waals surface area (Å²) in [6, 6.07) is 15.0. The SMILES string of the molecule is COc1ccc(-n2c(S[Si](C)(C)C)nc3ccccc3c2=O)cc1. The standard InChI is InChI=1S/C18H20N2O2SSi/c1-22-14-11-9-13(10-12-14)20-17(21)15-7-5-6-8-16(15)19-18(20)23-24(2,3)4/h5-12H,1-4H3. The fourth-order valence-corrected chi connectivity index (χ4v) is 5.44.